The van der Waals surface area contributed by atoms with Crippen LogP contribution in [0.15, 0.2) is 18.5 Å². The molecule has 4 N–H and O–H groups in total. The lowest BCUT2D eigenvalue weighted by Gasteiger charge is -2.24. The molecule has 1 aliphatic rings. The Hall–Kier alpha value is -2.94. The highest BCUT2D eigenvalue weighted by Crippen LogP contribution is 2.40. The maximum Gasteiger partial charge on any atom is 0.508 e. The normalized spacial score (nSPS) is 26.5. The third-order valence-electron chi connectivity index (χ3n) is 4.92. The van der Waals surface area contributed by atoms with Crippen LogP contribution in [0.2, 0.25) is 0 Å². The highest BCUT2D eigenvalue weighted by molar-refractivity contribution is 5.65. The second-order valence-corrected chi connectivity index (χ2v) is 8.37. The van der Waals surface area contributed by atoms with Gasteiger partial charge in [0.2, 0.25) is 5.60 Å². The SMILES string of the molecule is CC(C)(C)CCOC(=O)OC[C@@]1(C#N)O[C@@H](c2ccc3c(N)ncnn23)[C@H](O)[C@@H]1O. The molecule has 0 bridgehead atoms. The maximum atomic E-state index is 11.9. The summed E-state index contributed by atoms with van der Waals surface area (Å²) in [7, 11) is 0. The Labute approximate surface area is 173 Å². The summed E-state index contributed by atoms with van der Waals surface area (Å²) in [4.78, 5) is 15.7. The van der Waals surface area contributed by atoms with Crippen molar-refractivity contribution in [3.8, 4) is 6.07 Å². The minimum absolute atomic E-state index is 0.0246. The van der Waals surface area contributed by atoms with Gasteiger partial charge in [0.15, 0.2) is 5.82 Å². The predicted octanol–water partition coefficient (Wildman–Crippen LogP) is 0.956. The highest BCUT2D eigenvalue weighted by atomic mass is 16.7. The third kappa shape index (κ3) is 4.16. The molecular formula is C19H25N5O6. The summed E-state index contributed by atoms with van der Waals surface area (Å²) < 4.78 is 17.1. The Kier molecular flexibility index (Phi) is 5.85. The van der Waals surface area contributed by atoms with Gasteiger partial charge in [0.25, 0.3) is 0 Å². The van der Waals surface area contributed by atoms with Crippen molar-refractivity contribution in [3.05, 3.63) is 24.2 Å². The van der Waals surface area contributed by atoms with Gasteiger partial charge in [0.05, 0.1) is 12.3 Å². The zero-order valence-electron chi connectivity index (χ0n) is 17.0. The van der Waals surface area contributed by atoms with E-state index in [0.29, 0.717) is 17.6 Å². The molecule has 2 aromatic heterocycles. The van der Waals surface area contributed by atoms with Crippen molar-refractivity contribution >= 4 is 17.5 Å². The number of rotatable bonds is 5. The van der Waals surface area contributed by atoms with E-state index >= 15 is 0 Å². The molecule has 0 unspecified atom stereocenters. The molecular weight excluding hydrogens is 394 g/mol. The Morgan fingerprint density at radius 2 is 2.13 bits per heavy atom. The zero-order valence-corrected chi connectivity index (χ0v) is 17.0. The molecule has 1 aliphatic heterocycles. The van der Waals surface area contributed by atoms with Crippen LogP contribution < -0.4 is 5.73 Å². The number of anilines is 1. The number of hydrogen-bond acceptors (Lipinski definition) is 10. The number of nitrogens with two attached hydrogens (primary N) is 1. The standard InChI is InChI=1S/C19H25N5O6/c1-18(2,3)6-7-28-17(27)29-9-19(8-20)15(26)13(25)14(30-19)11-4-5-12-16(21)22-10-23-24(11)12/h4-5,10,13-15,25-26H,6-7,9H2,1-3H3,(H2,21,22,23)/t13-,14-,15-,19+/m0/s1. The smallest absolute Gasteiger partial charge is 0.434 e. The molecule has 0 saturated carbocycles. The highest BCUT2D eigenvalue weighted by Gasteiger charge is 2.57. The molecule has 3 heterocycles. The fourth-order valence-corrected chi connectivity index (χ4v) is 3.12. The number of carbonyl (C=O) groups is 1. The van der Waals surface area contributed by atoms with Crippen LogP contribution >= 0.6 is 0 Å². The molecule has 30 heavy (non-hydrogen) atoms. The number of aromatic nitrogens is 3. The largest absolute Gasteiger partial charge is 0.508 e. The van der Waals surface area contributed by atoms with Gasteiger partial charge >= 0.3 is 6.16 Å². The van der Waals surface area contributed by atoms with Crippen molar-refractivity contribution in [1.82, 2.24) is 14.6 Å². The van der Waals surface area contributed by atoms with E-state index in [2.05, 4.69) is 10.1 Å². The van der Waals surface area contributed by atoms with Crippen molar-refractivity contribution in [2.45, 2.75) is 51.1 Å². The fraction of sp³-hybridized carbons (Fsp3) is 0.579. The molecule has 1 fully saturated rings. The first-order valence-electron chi connectivity index (χ1n) is 9.41. The van der Waals surface area contributed by atoms with Crippen molar-refractivity contribution in [2.75, 3.05) is 18.9 Å². The second kappa shape index (κ2) is 8.06. The summed E-state index contributed by atoms with van der Waals surface area (Å²) in [6.07, 6.45) is -3.36. The first kappa shape index (κ1) is 21.8. The summed E-state index contributed by atoms with van der Waals surface area (Å²) in [6.45, 7) is 5.53. The first-order chi connectivity index (χ1) is 14.1. The van der Waals surface area contributed by atoms with E-state index < -0.39 is 36.7 Å². The molecule has 0 amide bonds. The molecule has 0 aromatic carbocycles. The zero-order chi connectivity index (χ0) is 22.1. The second-order valence-electron chi connectivity index (χ2n) is 8.37. The Morgan fingerprint density at radius 3 is 2.80 bits per heavy atom. The first-order valence-corrected chi connectivity index (χ1v) is 9.41. The van der Waals surface area contributed by atoms with Gasteiger partial charge in [-0.2, -0.15) is 10.4 Å². The van der Waals surface area contributed by atoms with Gasteiger partial charge in [-0.1, -0.05) is 20.8 Å². The van der Waals surface area contributed by atoms with Crippen molar-refractivity contribution in [2.24, 2.45) is 5.41 Å². The van der Waals surface area contributed by atoms with Gasteiger partial charge in [-0.15, -0.1) is 0 Å². The maximum absolute atomic E-state index is 11.9. The Balaban J connectivity index is 1.72. The van der Waals surface area contributed by atoms with Crippen molar-refractivity contribution < 1.29 is 29.2 Å². The number of ether oxygens (including phenoxy) is 3. The molecule has 162 valence electrons. The molecule has 0 radical (unpaired) electrons. The van der Waals surface area contributed by atoms with Gasteiger partial charge in [-0.3, -0.25) is 0 Å². The summed E-state index contributed by atoms with van der Waals surface area (Å²) in [5, 5.41) is 34.8. The molecule has 0 spiro atoms. The lowest BCUT2D eigenvalue weighted by Crippen LogP contribution is -2.46. The van der Waals surface area contributed by atoms with E-state index in [1.54, 1.807) is 12.1 Å². The number of nitriles is 1. The number of aliphatic hydroxyl groups is 2. The molecule has 3 rings (SSSR count). The van der Waals surface area contributed by atoms with Gasteiger partial charge < -0.3 is 30.2 Å². The van der Waals surface area contributed by atoms with Crippen LogP contribution in [0.3, 0.4) is 0 Å². The van der Waals surface area contributed by atoms with E-state index in [9.17, 15) is 20.3 Å². The van der Waals surface area contributed by atoms with Crippen LogP contribution in [0, 0.1) is 16.7 Å². The van der Waals surface area contributed by atoms with E-state index in [1.165, 1.54) is 10.8 Å². The minimum Gasteiger partial charge on any atom is -0.434 e. The molecule has 2 aromatic rings. The number of carbonyl (C=O) groups excluding carboxylic acids is 1. The van der Waals surface area contributed by atoms with Gasteiger partial charge in [0, 0.05) is 0 Å². The van der Waals surface area contributed by atoms with Crippen LogP contribution in [-0.4, -0.2) is 62.0 Å². The van der Waals surface area contributed by atoms with Crippen LogP contribution in [0.4, 0.5) is 10.6 Å². The van der Waals surface area contributed by atoms with Crippen LogP contribution in [0.5, 0.6) is 0 Å². The molecule has 0 aliphatic carbocycles. The van der Waals surface area contributed by atoms with Gasteiger partial charge in [-0.05, 0) is 24.0 Å². The summed E-state index contributed by atoms with van der Waals surface area (Å²) in [6, 6.07) is 5.03. The number of nitrogen functional groups attached to an aromatic ring is 1. The van der Waals surface area contributed by atoms with Crippen LogP contribution in [0.1, 0.15) is 39.0 Å². The molecule has 4 atom stereocenters. The van der Waals surface area contributed by atoms with E-state index in [0.717, 1.165) is 0 Å². The van der Waals surface area contributed by atoms with E-state index in [1.807, 2.05) is 26.8 Å². The number of hydrogen-bond donors (Lipinski definition) is 3. The number of aliphatic hydroxyl groups excluding tert-OH is 2. The van der Waals surface area contributed by atoms with Crippen molar-refractivity contribution in [3.63, 3.8) is 0 Å². The Morgan fingerprint density at radius 1 is 1.40 bits per heavy atom. The number of nitrogens with zero attached hydrogens (tertiary/aromatic N) is 4. The predicted molar refractivity (Wildman–Crippen MR) is 103 cm³/mol. The molecule has 1 saturated heterocycles. The van der Waals surface area contributed by atoms with Gasteiger partial charge in [-0.25, -0.2) is 14.3 Å². The van der Waals surface area contributed by atoms with Gasteiger partial charge in [0.1, 0.15) is 42.8 Å². The number of fused-ring (bicyclic) bond motifs is 1. The lowest BCUT2D eigenvalue weighted by molar-refractivity contribution is -0.0860. The summed E-state index contributed by atoms with van der Waals surface area (Å²) >= 11 is 0. The lowest BCUT2D eigenvalue weighted by atomic mass is 9.93. The Bertz CT molecular complexity index is 964. The summed E-state index contributed by atoms with van der Waals surface area (Å²) in [5.74, 6) is 0.220. The monoisotopic (exact) mass is 419 g/mol. The average Bonchev–Trinajstić information content (AvgIpc) is 3.21. The summed E-state index contributed by atoms with van der Waals surface area (Å²) in [5.41, 5.74) is 4.64. The van der Waals surface area contributed by atoms with E-state index in [4.69, 9.17) is 19.9 Å². The average molecular weight is 419 g/mol. The quantitative estimate of drug-likeness (QED) is 0.594. The van der Waals surface area contributed by atoms with Crippen LogP contribution in [-0.2, 0) is 14.2 Å². The van der Waals surface area contributed by atoms with Crippen LogP contribution in [0.25, 0.3) is 5.52 Å². The molecule has 11 heteroatoms. The van der Waals surface area contributed by atoms with Crippen molar-refractivity contribution in [1.29, 1.82) is 5.26 Å². The van der Waals surface area contributed by atoms with E-state index in [-0.39, 0.29) is 17.8 Å². The minimum atomic E-state index is -1.98. The molecule has 11 nitrogen and oxygen atoms in total. The topological polar surface area (TPSA) is 165 Å². The fourth-order valence-electron chi connectivity index (χ4n) is 3.12. The third-order valence-corrected chi connectivity index (χ3v) is 4.92.